The van der Waals surface area contributed by atoms with Crippen molar-refractivity contribution in [2.24, 2.45) is 0 Å². The Hall–Kier alpha value is -1.59. The molecule has 0 unspecified atom stereocenters. The molecule has 0 aliphatic carbocycles. The Balaban J connectivity index is 2.08. The smallest absolute Gasteiger partial charge is 0.202 e. The van der Waals surface area contributed by atoms with Crippen LogP contribution in [-0.2, 0) is 6.54 Å². The molecule has 0 radical (unpaired) electrons. The number of likely N-dealkylation sites (N-methyl/N-ethyl adjacent to an activating group) is 1. The van der Waals surface area contributed by atoms with Gasteiger partial charge in [0, 0.05) is 18.2 Å². The quantitative estimate of drug-likeness (QED) is 0.880. The molecule has 18 heavy (non-hydrogen) atoms. The van der Waals surface area contributed by atoms with Crippen LogP contribution in [0.15, 0.2) is 33.4 Å². The number of rotatable bonds is 5. The van der Waals surface area contributed by atoms with Gasteiger partial charge in [0.1, 0.15) is 0 Å². The molecule has 1 N–H and O–H groups in total. The maximum Gasteiger partial charge on any atom is 0.202 e. The molecule has 2 heterocycles. The molecule has 0 spiro atoms. The molecule has 2 aromatic heterocycles. The fourth-order valence-electron chi connectivity index (χ4n) is 1.50. The Morgan fingerprint density at radius 3 is 2.78 bits per heavy atom. The lowest BCUT2D eigenvalue weighted by atomic mass is 10.1. The largest absolute Gasteiger partial charge is 0.461 e. The van der Waals surface area contributed by atoms with Crippen molar-refractivity contribution in [1.29, 1.82) is 0 Å². The fourth-order valence-corrected chi connectivity index (χ4v) is 1.50. The predicted octanol–water partition coefficient (Wildman–Crippen LogP) is 2.14. The first kappa shape index (κ1) is 12.9. The lowest BCUT2D eigenvalue weighted by Crippen LogP contribution is -2.43. The van der Waals surface area contributed by atoms with Gasteiger partial charge in [0.05, 0.1) is 18.6 Å². The third-order valence-electron chi connectivity index (χ3n) is 3.14. The van der Waals surface area contributed by atoms with E-state index in [9.17, 15) is 5.11 Å². The number of nitrogens with zero attached hydrogens (tertiary/aromatic N) is 2. The molecular weight excluding hydrogens is 232 g/mol. The van der Waals surface area contributed by atoms with Crippen LogP contribution in [0, 0.1) is 0 Å². The summed E-state index contributed by atoms with van der Waals surface area (Å²) in [6, 6.07) is 5.48. The summed E-state index contributed by atoms with van der Waals surface area (Å²) in [6.07, 6.45) is 1.60. The van der Waals surface area contributed by atoms with Gasteiger partial charge in [0.15, 0.2) is 5.76 Å². The zero-order valence-electron chi connectivity index (χ0n) is 10.9. The van der Waals surface area contributed by atoms with Crippen LogP contribution in [0.2, 0.25) is 0 Å². The van der Waals surface area contributed by atoms with Crippen LogP contribution < -0.4 is 0 Å². The first-order valence-electron chi connectivity index (χ1n) is 5.84. The molecule has 2 rings (SSSR count). The minimum absolute atomic E-state index is 0.0897. The van der Waals surface area contributed by atoms with Crippen molar-refractivity contribution in [1.82, 2.24) is 10.1 Å². The van der Waals surface area contributed by atoms with Gasteiger partial charge in [-0.1, -0.05) is 5.16 Å². The highest BCUT2D eigenvalue weighted by atomic mass is 16.5. The molecule has 98 valence electrons. The van der Waals surface area contributed by atoms with Crippen LogP contribution in [0.4, 0.5) is 0 Å². The van der Waals surface area contributed by atoms with Crippen LogP contribution in [-0.4, -0.2) is 34.4 Å². The van der Waals surface area contributed by atoms with Gasteiger partial charge in [0.25, 0.3) is 0 Å². The summed E-state index contributed by atoms with van der Waals surface area (Å²) >= 11 is 0. The van der Waals surface area contributed by atoms with Gasteiger partial charge in [-0.3, -0.25) is 4.90 Å². The van der Waals surface area contributed by atoms with Gasteiger partial charge in [-0.15, -0.1) is 0 Å². The van der Waals surface area contributed by atoms with Crippen LogP contribution in [0.1, 0.15) is 19.5 Å². The van der Waals surface area contributed by atoms with E-state index < -0.39 is 0 Å². The molecule has 0 bridgehead atoms. The van der Waals surface area contributed by atoms with Gasteiger partial charge in [-0.25, -0.2) is 0 Å². The van der Waals surface area contributed by atoms with Crippen molar-refractivity contribution in [2.75, 3.05) is 13.7 Å². The summed E-state index contributed by atoms with van der Waals surface area (Å²) in [7, 11) is 1.94. The minimum Gasteiger partial charge on any atom is -0.461 e. The van der Waals surface area contributed by atoms with Crippen molar-refractivity contribution in [3.8, 4) is 11.5 Å². The molecule has 0 aromatic carbocycles. The molecule has 2 aromatic rings. The first-order valence-corrected chi connectivity index (χ1v) is 5.84. The summed E-state index contributed by atoms with van der Waals surface area (Å²) < 4.78 is 10.5. The highest BCUT2D eigenvalue weighted by Crippen LogP contribution is 2.22. The van der Waals surface area contributed by atoms with Gasteiger partial charge in [-0.05, 0) is 33.0 Å². The maximum atomic E-state index is 9.30. The highest BCUT2D eigenvalue weighted by molar-refractivity contribution is 5.49. The molecule has 0 amide bonds. The van der Waals surface area contributed by atoms with Crippen molar-refractivity contribution < 1.29 is 14.0 Å². The van der Waals surface area contributed by atoms with E-state index in [-0.39, 0.29) is 12.1 Å². The molecule has 0 aliphatic heterocycles. The standard InChI is InChI=1S/C13H18N2O3/c1-13(2,9-16)15(3)8-10-7-12(18-14-10)11-5-4-6-17-11/h4-7,16H,8-9H2,1-3H3. The molecule has 0 fully saturated rings. The maximum absolute atomic E-state index is 9.30. The van der Waals surface area contributed by atoms with Crippen LogP contribution in [0.3, 0.4) is 0 Å². The summed E-state index contributed by atoms with van der Waals surface area (Å²) in [5.74, 6) is 1.28. The van der Waals surface area contributed by atoms with E-state index in [0.29, 0.717) is 18.1 Å². The average molecular weight is 250 g/mol. The van der Waals surface area contributed by atoms with E-state index >= 15 is 0 Å². The van der Waals surface area contributed by atoms with Gasteiger partial charge in [0.2, 0.25) is 5.76 Å². The Bertz CT molecular complexity index is 488. The average Bonchev–Trinajstić information content (AvgIpc) is 2.98. The Kier molecular flexibility index (Phi) is 3.54. The van der Waals surface area contributed by atoms with E-state index in [1.54, 1.807) is 12.3 Å². The van der Waals surface area contributed by atoms with E-state index in [1.807, 2.05) is 37.9 Å². The van der Waals surface area contributed by atoms with E-state index in [0.717, 1.165) is 5.69 Å². The zero-order valence-corrected chi connectivity index (χ0v) is 10.9. The van der Waals surface area contributed by atoms with Gasteiger partial charge < -0.3 is 14.0 Å². The zero-order chi connectivity index (χ0) is 13.2. The number of furan rings is 1. The second-order valence-corrected chi connectivity index (χ2v) is 4.99. The SMILES string of the molecule is CN(Cc1cc(-c2ccco2)on1)C(C)(C)CO. The van der Waals surface area contributed by atoms with Crippen molar-refractivity contribution >= 4 is 0 Å². The molecule has 0 atom stereocenters. The monoisotopic (exact) mass is 250 g/mol. The third kappa shape index (κ3) is 2.63. The van der Waals surface area contributed by atoms with Crippen molar-refractivity contribution in [2.45, 2.75) is 25.9 Å². The lowest BCUT2D eigenvalue weighted by Gasteiger charge is -2.33. The van der Waals surface area contributed by atoms with E-state index in [1.165, 1.54) is 0 Å². The lowest BCUT2D eigenvalue weighted by molar-refractivity contribution is 0.0717. The van der Waals surface area contributed by atoms with Crippen molar-refractivity contribution in [3.63, 3.8) is 0 Å². The summed E-state index contributed by atoms with van der Waals surface area (Å²) in [5.41, 5.74) is 0.523. The van der Waals surface area contributed by atoms with E-state index in [4.69, 9.17) is 8.94 Å². The van der Waals surface area contributed by atoms with Crippen LogP contribution in [0.5, 0.6) is 0 Å². The second kappa shape index (κ2) is 4.96. The van der Waals surface area contributed by atoms with Crippen LogP contribution in [0.25, 0.3) is 11.5 Å². The van der Waals surface area contributed by atoms with Crippen LogP contribution >= 0.6 is 0 Å². The Morgan fingerprint density at radius 1 is 1.39 bits per heavy atom. The Labute approximate surface area is 106 Å². The topological polar surface area (TPSA) is 62.6 Å². The van der Waals surface area contributed by atoms with Gasteiger partial charge >= 0.3 is 0 Å². The minimum atomic E-state index is -0.288. The number of aliphatic hydroxyl groups is 1. The predicted molar refractivity (Wildman–Crippen MR) is 66.8 cm³/mol. The number of hydrogen-bond donors (Lipinski definition) is 1. The fraction of sp³-hybridized carbons (Fsp3) is 0.462. The molecule has 0 saturated carbocycles. The summed E-state index contributed by atoms with van der Waals surface area (Å²) in [6.45, 7) is 4.64. The molecular formula is C13H18N2O3. The molecule has 0 saturated heterocycles. The third-order valence-corrected chi connectivity index (χ3v) is 3.14. The normalized spacial score (nSPS) is 12.3. The first-order chi connectivity index (χ1) is 8.53. The summed E-state index contributed by atoms with van der Waals surface area (Å²) in [5, 5.41) is 13.3. The summed E-state index contributed by atoms with van der Waals surface area (Å²) in [4.78, 5) is 2.02. The Morgan fingerprint density at radius 2 is 2.17 bits per heavy atom. The molecule has 5 nitrogen and oxygen atoms in total. The molecule has 5 heteroatoms. The number of aromatic nitrogens is 1. The van der Waals surface area contributed by atoms with Crippen molar-refractivity contribution in [3.05, 3.63) is 30.2 Å². The highest BCUT2D eigenvalue weighted by Gasteiger charge is 2.23. The molecule has 0 aliphatic rings. The second-order valence-electron chi connectivity index (χ2n) is 4.99. The van der Waals surface area contributed by atoms with Gasteiger partial charge in [-0.2, -0.15) is 0 Å². The number of hydrogen-bond acceptors (Lipinski definition) is 5. The number of aliphatic hydroxyl groups excluding tert-OH is 1. The van der Waals surface area contributed by atoms with E-state index in [2.05, 4.69) is 5.16 Å².